The summed E-state index contributed by atoms with van der Waals surface area (Å²) in [5.41, 5.74) is 2.57. The zero-order chi connectivity index (χ0) is 16.6. The second kappa shape index (κ2) is 10.8. The van der Waals surface area contributed by atoms with Crippen LogP contribution in [0.2, 0.25) is 0 Å². The lowest BCUT2D eigenvalue weighted by Gasteiger charge is -2.22. The van der Waals surface area contributed by atoms with Crippen LogP contribution in [-0.2, 0) is 17.9 Å². The van der Waals surface area contributed by atoms with E-state index in [2.05, 4.69) is 39.8 Å². The van der Waals surface area contributed by atoms with Crippen molar-refractivity contribution in [1.82, 2.24) is 15.5 Å². The summed E-state index contributed by atoms with van der Waals surface area (Å²) in [6, 6.07) is 8.76. The van der Waals surface area contributed by atoms with Crippen LogP contribution in [0.15, 0.2) is 24.3 Å². The summed E-state index contributed by atoms with van der Waals surface area (Å²) in [6.45, 7) is 6.09. The van der Waals surface area contributed by atoms with Gasteiger partial charge in [-0.15, -0.1) is 12.4 Å². The third-order valence-electron chi connectivity index (χ3n) is 5.30. The van der Waals surface area contributed by atoms with Crippen LogP contribution in [0.25, 0.3) is 0 Å². The first-order valence-corrected chi connectivity index (χ1v) is 9.60. The highest BCUT2D eigenvalue weighted by molar-refractivity contribution is 5.85. The quantitative estimate of drug-likeness (QED) is 0.842. The maximum absolute atomic E-state index is 12.2. The van der Waals surface area contributed by atoms with Gasteiger partial charge < -0.3 is 10.6 Å². The summed E-state index contributed by atoms with van der Waals surface area (Å²) in [6.07, 6.45) is 7.35. The second-order valence-corrected chi connectivity index (χ2v) is 7.25. The minimum Gasteiger partial charge on any atom is -0.352 e. The molecule has 0 saturated carbocycles. The molecule has 0 aromatic heterocycles. The van der Waals surface area contributed by atoms with E-state index in [4.69, 9.17) is 0 Å². The zero-order valence-electron chi connectivity index (χ0n) is 15.1. The van der Waals surface area contributed by atoms with Crippen molar-refractivity contribution in [1.29, 1.82) is 0 Å². The molecule has 3 rings (SSSR count). The molecular formula is C20H32ClN3O. The lowest BCUT2D eigenvalue weighted by Crippen LogP contribution is -2.37. The van der Waals surface area contributed by atoms with E-state index in [9.17, 15) is 4.79 Å². The molecule has 25 heavy (non-hydrogen) atoms. The molecule has 1 aromatic carbocycles. The largest absolute Gasteiger partial charge is 0.352 e. The maximum Gasteiger partial charge on any atom is 0.223 e. The van der Waals surface area contributed by atoms with E-state index < -0.39 is 0 Å². The van der Waals surface area contributed by atoms with Crippen LogP contribution in [0.3, 0.4) is 0 Å². The van der Waals surface area contributed by atoms with Crippen LogP contribution < -0.4 is 10.6 Å². The van der Waals surface area contributed by atoms with Gasteiger partial charge in [-0.3, -0.25) is 9.69 Å². The molecule has 2 N–H and O–H groups in total. The zero-order valence-corrected chi connectivity index (χ0v) is 16.0. The minimum atomic E-state index is 0. The number of piperidine rings is 1. The molecule has 1 aromatic rings. The van der Waals surface area contributed by atoms with Gasteiger partial charge in [0.05, 0.1) is 0 Å². The monoisotopic (exact) mass is 365 g/mol. The second-order valence-electron chi connectivity index (χ2n) is 7.25. The number of carbonyl (C=O) groups is 1. The average molecular weight is 366 g/mol. The Kier molecular flexibility index (Phi) is 8.73. The molecule has 2 fully saturated rings. The Morgan fingerprint density at radius 1 is 1.00 bits per heavy atom. The molecular weight excluding hydrogens is 334 g/mol. The van der Waals surface area contributed by atoms with Crippen LogP contribution in [-0.4, -0.2) is 37.0 Å². The highest BCUT2D eigenvalue weighted by Crippen LogP contribution is 2.15. The maximum atomic E-state index is 12.2. The Hall–Kier alpha value is -1.10. The minimum absolute atomic E-state index is 0. The van der Waals surface area contributed by atoms with E-state index >= 15 is 0 Å². The lowest BCUT2D eigenvalue weighted by atomic mass is 9.97. The molecule has 0 spiro atoms. The standard InChI is InChI=1S/C20H31N3O.ClH/c24-20(19-9-11-21-12-10-19)22-15-17-5-7-18(8-6-17)16-23-13-3-1-2-4-14-23;/h5-8,19,21H,1-4,9-16H2,(H,22,24);1H. The van der Waals surface area contributed by atoms with Crippen LogP contribution in [0.4, 0.5) is 0 Å². The average Bonchev–Trinajstić information content (AvgIpc) is 2.90. The number of hydrogen-bond acceptors (Lipinski definition) is 3. The van der Waals surface area contributed by atoms with Crippen molar-refractivity contribution in [3.63, 3.8) is 0 Å². The van der Waals surface area contributed by atoms with Crippen molar-refractivity contribution in [2.75, 3.05) is 26.2 Å². The highest BCUT2D eigenvalue weighted by Gasteiger charge is 2.20. The van der Waals surface area contributed by atoms with Crippen molar-refractivity contribution in [2.45, 2.75) is 51.6 Å². The van der Waals surface area contributed by atoms with Gasteiger partial charge in [0.15, 0.2) is 0 Å². The number of hydrogen-bond donors (Lipinski definition) is 2. The number of benzene rings is 1. The summed E-state index contributed by atoms with van der Waals surface area (Å²) < 4.78 is 0. The SMILES string of the molecule is Cl.O=C(NCc1ccc(CN2CCCCCC2)cc1)C1CCNCC1. The number of rotatable bonds is 5. The van der Waals surface area contributed by atoms with Crippen LogP contribution in [0, 0.1) is 5.92 Å². The van der Waals surface area contributed by atoms with Crippen molar-refractivity contribution in [2.24, 2.45) is 5.92 Å². The predicted molar refractivity (Wildman–Crippen MR) is 105 cm³/mol. The molecule has 5 heteroatoms. The first-order chi connectivity index (χ1) is 11.8. The molecule has 2 aliphatic rings. The van der Waals surface area contributed by atoms with Crippen molar-refractivity contribution < 1.29 is 4.79 Å². The van der Waals surface area contributed by atoms with Gasteiger partial charge in [0.2, 0.25) is 5.91 Å². The summed E-state index contributed by atoms with van der Waals surface area (Å²) >= 11 is 0. The van der Waals surface area contributed by atoms with Gasteiger partial charge in [0.1, 0.15) is 0 Å². The molecule has 4 nitrogen and oxygen atoms in total. The van der Waals surface area contributed by atoms with E-state index in [1.807, 2.05) is 0 Å². The molecule has 140 valence electrons. The van der Waals surface area contributed by atoms with E-state index in [-0.39, 0.29) is 24.2 Å². The van der Waals surface area contributed by atoms with Gasteiger partial charge in [-0.2, -0.15) is 0 Å². The van der Waals surface area contributed by atoms with Crippen LogP contribution >= 0.6 is 12.4 Å². The molecule has 2 heterocycles. The molecule has 2 saturated heterocycles. The van der Waals surface area contributed by atoms with Gasteiger partial charge in [0, 0.05) is 19.0 Å². The Labute approximate surface area is 158 Å². The molecule has 0 unspecified atom stereocenters. The van der Waals surface area contributed by atoms with Crippen molar-refractivity contribution in [3.8, 4) is 0 Å². The summed E-state index contributed by atoms with van der Waals surface area (Å²) in [5, 5.41) is 6.40. The molecule has 2 aliphatic heterocycles. The fourth-order valence-electron chi connectivity index (χ4n) is 3.73. The predicted octanol–water partition coefficient (Wildman–Crippen LogP) is 3.10. The Morgan fingerprint density at radius 3 is 2.24 bits per heavy atom. The van der Waals surface area contributed by atoms with E-state index in [0.717, 1.165) is 32.5 Å². The smallest absolute Gasteiger partial charge is 0.223 e. The van der Waals surface area contributed by atoms with Gasteiger partial charge >= 0.3 is 0 Å². The molecule has 0 radical (unpaired) electrons. The summed E-state index contributed by atoms with van der Waals surface area (Å²) in [5.74, 6) is 0.402. The third-order valence-corrected chi connectivity index (χ3v) is 5.30. The normalized spacial score (nSPS) is 19.7. The van der Waals surface area contributed by atoms with Gasteiger partial charge in [-0.05, 0) is 63.0 Å². The first kappa shape index (κ1) is 20.2. The number of halogens is 1. The number of carbonyl (C=O) groups excluding carboxylic acids is 1. The van der Waals surface area contributed by atoms with Gasteiger partial charge in [-0.25, -0.2) is 0 Å². The number of nitrogens with zero attached hydrogens (tertiary/aromatic N) is 1. The van der Waals surface area contributed by atoms with E-state index in [0.29, 0.717) is 6.54 Å². The molecule has 0 atom stereocenters. The number of likely N-dealkylation sites (tertiary alicyclic amines) is 1. The van der Waals surface area contributed by atoms with E-state index in [1.54, 1.807) is 0 Å². The Balaban J connectivity index is 0.00000225. The van der Waals surface area contributed by atoms with Crippen LogP contribution in [0.5, 0.6) is 0 Å². The fraction of sp³-hybridized carbons (Fsp3) is 0.650. The Bertz CT molecular complexity index is 506. The fourth-order valence-corrected chi connectivity index (χ4v) is 3.73. The van der Waals surface area contributed by atoms with Crippen LogP contribution in [0.1, 0.15) is 49.7 Å². The number of nitrogens with one attached hydrogen (secondary N) is 2. The third kappa shape index (κ3) is 6.61. The lowest BCUT2D eigenvalue weighted by molar-refractivity contribution is -0.125. The topological polar surface area (TPSA) is 44.4 Å². The molecule has 0 aliphatic carbocycles. The van der Waals surface area contributed by atoms with E-state index in [1.165, 1.54) is 49.9 Å². The first-order valence-electron chi connectivity index (χ1n) is 9.60. The highest BCUT2D eigenvalue weighted by atomic mass is 35.5. The summed E-state index contributed by atoms with van der Waals surface area (Å²) in [4.78, 5) is 14.8. The van der Waals surface area contributed by atoms with Crippen molar-refractivity contribution in [3.05, 3.63) is 35.4 Å². The van der Waals surface area contributed by atoms with Gasteiger partial charge in [0.25, 0.3) is 0 Å². The molecule has 0 bridgehead atoms. The Morgan fingerprint density at radius 2 is 1.60 bits per heavy atom. The van der Waals surface area contributed by atoms with Gasteiger partial charge in [-0.1, -0.05) is 37.1 Å². The summed E-state index contributed by atoms with van der Waals surface area (Å²) in [7, 11) is 0. The van der Waals surface area contributed by atoms with Crippen molar-refractivity contribution >= 4 is 18.3 Å². The number of amides is 1. The molecule has 1 amide bonds.